The molecule has 1 aliphatic rings. The second-order valence-electron chi connectivity index (χ2n) is 5.18. The van der Waals surface area contributed by atoms with Gasteiger partial charge in [0.1, 0.15) is 11.5 Å². The summed E-state index contributed by atoms with van der Waals surface area (Å²) in [7, 11) is 3.37. The topological polar surface area (TPSA) is 18.5 Å². The third-order valence-corrected chi connectivity index (χ3v) is 5.98. The number of alkyl halides is 2. The van der Waals surface area contributed by atoms with Crippen molar-refractivity contribution in [2.24, 2.45) is 0 Å². The summed E-state index contributed by atoms with van der Waals surface area (Å²) < 4.78 is 10.4. The van der Waals surface area contributed by atoms with Gasteiger partial charge in [-0.15, -0.1) is 0 Å². The number of hydrogen-bond donors (Lipinski definition) is 0. The minimum atomic E-state index is -0.0802. The van der Waals surface area contributed by atoms with Gasteiger partial charge in [-0.3, -0.25) is 0 Å². The number of methoxy groups -OCH3 is 2. The molecule has 0 heterocycles. The standard InChI is InChI=1S/C17H16Br2O2/c1-20-13-7-3-11(4-8-13)15-16(17(15,18)19)12-5-9-14(21-2)10-6-12/h3-10,15-16H,1-2H3. The fraction of sp³-hybridized carbons (Fsp3) is 0.294. The quantitative estimate of drug-likeness (QED) is 0.653. The van der Waals surface area contributed by atoms with Crippen molar-refractivity contribution in [3.8, 4) is 11.5 Å². The fourth-order valence-corrected chi connectivity index (χ4v) is 4.63. The van der Waals surface area contributed by atoms with Gasteiger partial charge in [-0.2, -0.15) is 0 Å². The lowest BCUT2D eigenvalue weighted by Crippen LogP contribution is -1.89. The number of benzene rings is 2. The molecule has 4 heteroatoms. The maximum absolute atomic E-state index is 5.22. The van der Waals surface area contributed by atoms with Crippen molar-refractivity contribution in [1.82, 2.24) is 0 Å². The molecule has 0 amide bonds. The van der Waals surface area contributed by atoms with Crippen LogP contribution >= 0.6 is 31.9 Å². The molecule has 0 aliphatic heterocycles. The molecule has 3 rings (SSSR count). The van der Waals surface area contributed by atoms with E-state index in [0.717, 1.165) is 11.5 Å². The molecule has 1 fully saturated rings. The van der Waals surface area contributed by atoms with E-state index in [1.165, 1.54) is 11.1 Å². The molecule has 0 spiro atoms. The van der Waals surface area contributed by atoms with Gasteiger partial charge in [-0.05, 0) is 35.4 Å². The summed E-state index contributed by atoms with van der Waals surface area (Å²) in [5.74, 6) is 2.57. The second-order valence-corrected chi connectivity index (χ2v) is 8.86. The zero-order valence-electron chi connectivity index (χ0n) is 11.8. The third-order valence-electron chi connectivity index (χ3n) is 4.00. The van der Waals surface area contributed by atoms with Crippen molar-refractivity contribution in [2.75, 3.05) is 14.2 Å². The second kappa shape index (κ2) is 5.65. The lowest BCUT2D eigenvalue weighted by Gasteiger charge is -2.04. The van der Waals surface area contributed by atoms with E-state index in [0.29, 0.717) is 11.8 Å². The molecule has 0 aromatic heterocycles. The number of rotatable bonds is 4. The minimum absolute atomic E-state index is 0.0802. The molecular weight excluding hydrogens is 396 g/mol. The van der Waals surface area contributed by atoms with E-state index in [1.54, 1.807) is 14.2 Å². The molecule has 2 aromatic carbocycles. The van der Waals surface area contributed by atoms with E-state index < -0.39 is 0 Å². The molecule has 1 saturated carbocycles. The molecule has 2 aromatic rings. The Kier molecular flexibility index (Phi) is 4.02. The summed E-state index contributed by atoms with van der Waals surface area (Å²) in [5, 5.41) is 0. The van der Waals surface area contributed by atoms with Crippen molar-refractivity contribution in [3.05, 3.63) is 59.7 Å². The van der Waals surface area contributed by atoms with E-state index in [1.807, 2.05) is 24.3 Å². The molecule has 0 radical (unpaired) electrons. The van der Waals surface area contributed by atoms with Crippen LogP contribution in [-0.4, -0.2) is 17.5 Å². The molecule has 21 heavy (non-hydrogen) atoms. The average Bonchev–Trinajstić information content (AvgIpc) is 3.10. The van der Waals surface area contributed by atoms with E-state index in [9.17, 15) is 0 Å². The van der Waals surface area contributed by atoms with E-state index in [2.05, 4.69) is 56.1 Å². The molecule has 2 unspecified atom stereocenters. The number of halogens is 2. The molecule has 0 bridgehead atoms. The highest BCUT2D eigenvalue weighted by Gasteiger charge is 2.62. The van der Waals surface area contributed by atoms with Crippen LogP contribution in [-0.2, 0) is 0 Å². The van der Waals surface area contributed by atoms with E-state index >= 15 is 0 Å². The van der Waals surface area contributed by atoms with Crippen LogP contribution in [0.15, 0.2) is 48.5 Å². The smallest absolute Gasteiger partial charge is 0.118 e. The Hall–Kier alpha value is -1.00. The van der Waals surface area contributed by atoms with Crippen LogP contribution in [0.2, 0.25) is 0 Å². The summed E-state index contributed by atoms with van der Waals surface area (Å²) in [6, 6.07) is 16.6. The highest BCUT2D eigenvalue weighted by molar-refractivity contribution is 9.25. The number of ether oxygens (including phenoxy) is 2. The molecular formula is C17H16Br2O2. The molecule has 110 valence electrons. The maximum atomic E-state index is 5.22. The first kappa shape index (κ1) is 14.9. The Morgan fingerprint density at radius 2 is 1.05 bits per heavy atom. The Morgan fingerprint density at radius 1 is 0.714 bits per heavy atom. The predicted octanol–water partition coefficient (Wildman–Crippen LogP) is 5.07. The van der Waals surface area contributed by atoms with Crippen molar-refractivity contribution in [2.45, 2.75) is 15.1 Å². The van der Waals surface area contributed by atoms with Gasteiger partial charge in [0.05, 0.1) is 17.5 Å². The summed E-state index contributed by atoms with van der Waals surface area (Å²) in [6.07, 6.45) is 0. The first-order chi connectivity index (χ1) is 10.1. The van der Waals surface area contributed by atoms with Crippen LogP contribution in [0.4, 0.5) is 0 Å². The third kappa shape index (κ3) is 2.71. The Morgan fingerprint density at radius 3 is 1.33 bits per heavy atom. The summed E-state index contributed by atoms with van der Waals surface area (Å²) in [5.41, 5.74) is 2.59. The zero-order valence-corrected chi connectivity index (χ0v) is 15.0. The highest BCUT2D eigenvalue weighted by atomic mass is 79.9. The maximum Gasteiger partial charge on any atom is 0.118 e. The Labute approximate surface area is 141 Å². The van der Waals surface area contributed by atoms with Gasteiger partial charge in [0.25, 0.3) is 0 Å². The van der Waals surface area contributed by atoms with Gasteiger partial charge in [0.15, 0.2) is 0 Å². The van der Waals surface area contributed by atoms with Gasteiger partial charge < -0.3 is 9.47 Å². The lowest BCUT2D eigenvalue weighted by molar-refractivity contribution is 0.414. The number of hydrogen-bond acceptors (Lipinski definition) is 2. The van der Waals surface area contributed by atoms with Crippen LogP contribution in [0.5, 0.6) is 11.5 Å². The fourth-order valence-electron chi connectivity index (χ4n) is 2.78. The van der Waals surface area contributed by atoms with Crippen LogP contribution in [0.3, 0.4) is 0 Å². The van der Waals surface area contributed by atoms with Gasteiger partial charge in [0.2, 0.25) is 0 Å². The monoisotopic (exact) mass is 410 g/mol. The molecule has 0 N–H and O–H groups in total. The normalized spacial score (nSPS) is 22.7. The van der Waals surface area contributed by atoms with E-state index in [4.69, 9.17) is 9.47 Å². The van der Waals surface area contributed by atoms with Gasteiger partial charge in [-0.25, -0.2) is 0 Å². The predicted molar refractivity (Wildman–Crippen MR) is 92.1 cm³/mol. The first-order valence-electron chi connectivity index (χ1n) is 6.73. The van der Waals surface area contributed by atoms with Crippen molar-refractivity contribution < 1.29 is 9.47 Å². The minimum Gasteiger partial charge on any atom is -0.497 e. The molecule has 2 nitrogen and oxygen atoms in total. The van der Waals surface area contributed by atoms with Crippen LogP contribution < -0.4 is 9.47 Å². The van der Waals surface area contributed by atoms with Gasteiger partial charge in [-0.1, -0.05) is 56.1 Å². The largest absolute Gasteiger partial charge is 0.497 e. The molecule has 0 saturated heterocycles. The van der Waals surface area contributed by atoms with Crippen molar-refractivity contribution in [3.63, 3.8) is 0 Å². The van der Waals surface area contributed by atoms with Crippen LogP contribution in [0.1, 0.15) is 23.0 Å². The van der Waals surface area contributed by atoms with E-state index in [-0.39, 0.29) is 3.23 Å². The Bertz CT molecular complexity index is 565. The Balaban J connectivity index is 1.85. The lowest BCUT2D eigenvalue weighted by atomic mass is 10.0. The van der Waals surface area contributed by atoms with Crippen LogP contribution in [0.25, 0.3) is 0 Å². The highest BCUT2D eigenvalue weighted by Crippen LogP contribution is 2.72. The summed E-state index contributed by atoms with van der Waals surface area (Å²) in [6.45, 7) is 0. The summed E-state index contributed by atoms with van der Waals surface area (Å²) in [4.78, 5) is 0. The summed E-state index contributed by atoms with van der Waals surface area (Å²) >= 11 is 7.64. The van der Waals surface area contributed by atoms with Crippen molar-refractivity contribution >= 4 is 31.9 Å². The molecule has 1 aliphatic carbocycles. The van der Waals surface area contributed by atoms with Crippen LogP contribution in [0, 0.1) is 0 Å². The zero-order chi connectivity index (χ0) is 15.0. The first-order valence-corrected chi connectivity index (χ1v) is 8.32. The average molecular weight is 412 g/mol. The van der Waals surface area contributed by atoms with Gasteiger partial charge >= 0.3 is 0 Å². The van der Waals surface area contributed by atoms with Crippen molar-refractivity contribution in [1.29, 1.82) is 0 Å². The molecule has 2 atom stereocenters. The van der Waals surface area contributed by atoms with Gasteiger partial charge in [0, 0.05) is 11.8 Å². The SMILES string of the molecule is COc1ccc(C2C(c3ccc(OC)cc3)C2(Br)Br)cc1.